The summed E-state index contributed by atoms with van der Waals surface area (Å²) < 4.78 is 5.08. The summed E-state index contributed by atoms with van der Waals surface area (Å²) in [6, 6.07) is 0.117. The lowest BCUT2D eigenvalue weighted by Crippen LogP contribution is -2.51. The van der Waals surface area contributed by atoms with Gasteiger partial charge in [-0.2, -0.15) is 11.8 Å². The van der Waals surface area contributed by atoms with Gasteiger partial charge in [0, 0.05) is 30.7 Å². The maximum atomic E-state index is 5.57. The average Bonchev–Trinajstić information content (AvgIpc) is 2.24. The first kappa shape index (κ1) is 14.6. The molecule has 0 bridgehead atoms. The molecule has 0 amide bonds. The molecule has 0 aromatic rings. The van der Waals surface area contributed by atoms with Crippen LogP contribution in [0.5, 0.6) is 0 Å². The van der Waals surface area contributed by atoms with Crippen molar-refractivity contribution in [3.05, 3.63) is 0 Å². The van der Waals surface area contributed by atoms with Gasteiger partial charge in [0.2, 0.25) is 5.96 Å². The Balaban J connectivity index is 2.65. The lowest BCUT2D eigenvalue weighted by molar-refractivity contribution is 0.185. The van der Waals surface area contributed by atoms with E-state index >= 15 is 0 Å². The van der Waals surface area contributed by atoms with Crippen molar-refractivity contribution < 1.29 is 4.74 Å². The fraction of sp³-hybridized carbons (Fsp3) is 0.909. The predicted molar refractivity (Wildman–Crippen MR) is 74.2 cm³/mol. The Kier molecular flexibility index (Phi) is 6.08. The summed E-state index contributed by atoms with van der Waals surface area (Å²) in [5.41, 5.74) is 2.71. The predicted octanol–water partition coefficient (Wildman–Crippen LogP) is 0.666. The van der Waals surface area contributed by atoms with E-state index in [1.54, 1.807) is 7.11 Å². The first-order chi connectivity index (χ1) is 8.06. The first-order valence-electron chi connectivity index (χ1n) is 6.00. The van der Waals surface area contributed by atoms with Crippen LogP contribution in [-0.4, -0.2) is 54.2 Å². The van der Waals surface area contributed by atoms with Crippen molar-refractivity contribution in [2.24, 2.45) is 10.8 Å². The van der Waals surface area contributed by atoms with Crippen molar-refractivity contribution in [1.82, 2.24) is 10.3 Å². The van der Waals surface area contributed by atoms with E-state index in [0.29, 0.717) is 17.1 Å². The number of hydrazine groups is 1. The highest BCUT2D eigenvalue weighted by Gasteiger charge is 2.24. The van der Waals surface area contributed by atoms with E-state index in [9.17, 15) is 0 Å². The molecule has 1 heterocycles. The Labute approximate surface area is 108 Å². The molecule has 0 aromatic heterocycles. The van der Waals surface area contributed by atoms with Crippen LogP contribution in [0, 0.1) is 0 Å². The number of nitrogens with one attached hydrogen (secondary N) is 1. The quantitative estimate of drug-likeness (QED) is 0.338. The molecule has 1 saturated heterocycles. The third kappa shape index (κ3) is 4.73. The van der Waals surface area contributed by atoms with Crippen molar-refractivity contribution in [2.45, 2.75) is 37.3 Å². The highest BCUT2D eigenvalue weighted by atomic mass is 32.2. The van der Waals surface area contributed by atoms with Crippen LogP contribution in [0.1, 0.15) is 20.8 Å². The van der Waals surface area contributed by atoms with Crippen molar-refractivity contribution >= 4 is 17.7 Å². The van der Waals surface area contributed by atoms with Gasteiger partial charge in [0.15, 0.2) is 0 Å². The maximum Gasteiger partial charge on any atom is 0.208 e. The minimum atomic E-state index is 0.117. The molecule has 3 atom stereocenters. The molecule has 0 aliphatic carbocycles. The molecule has 0 saturated carbocycles. The molecular weight excluding hydrogens is 236 g/mol. The molecular formula is C11H24N4OS. The first-order valence-corrected chi connectivity index (χ1v) is 6.94. The minimum Gasteiger partial charge on any atom is -0.382 e. The summed E-state index contributed by atoms with van der Waals surface area (Å²) >= 11 is 2.01. The van der Waals surface area contributed by atoms with Gasteiger partial charge in [-0.05, 0) is 6.92 Å². The molecule has 6 heteroatoms. The van der Waals surface area contributed by atoms with Gasteiger partial charge in [0.05, 0.1) is 12.6 Å². The number of guanidine groups is 1. The number of hydrogen-bond acceptors (Lipinski definition) is 4. The van der Waals surface area contributed by atoms with Gasteiger partial charge in [-0.3, -0.25) is 5.43 Å². The van der Waals surface area contributed by atoms with Crippen molar-refractivity contribution in [2.75, 3.05) is 26.8 Å². The number of thioether (sulfide) groups is 1. The average molecular weight is 260 g/mol. The van der Waals surface area contributed by atoms with Gasteiger partial charge in [-0.15, -0.1) is 0 Å². The third-order valence-corrected chi connectivity index (χ3v) is 3.83. The van der Waals surface area contributed by atoms with E-state index < -0.39 is 0 Å². The summed E-state index contributed by atoms with van der Waals surface area (Å²) in [6.45, 7) is 9.07. The van der Waals surface area contributed by atoms with Crippen LogP contribution in [-0.2, 0) is 4.74 Å². The fourth-order valence-corrected chi connectivity index (χ4v) is 3.37. The molecule has 3 N–H and O–H groups in total. The van der Waals surface area contributed by atoms with Crippen LogP contribution in [0.4, 0.5) is 0 Å². The summed E-state index contributed by atoms with van der Waals surface area (Å²) in [5.74, 6) is 6.34. The van der Waals surface area contributed by atoms with E-state index in [2.05, 4.69) is 29.2 Å². The minimum absolute atomic E-state index is 0.117. The highest BCUT2D eigenvalue weighted by Crippen LogP contribution is 2.24. The fourth-order valence-electron chi connectivity index (χ4n) is 2.05. The molecule has 1 aliphatic rings. The largest absolute Gasteiger partial charge is 0.382 e. The molecule has 5 nitrogen and oxygen atoms in total. The number of nitrogens with zero attached hydrogens (tertiary/aromatic N) is 2. The number of aliphatic imine (C=N–C) groups is 1. The monoisotopic (exact) mass is 260 g/mol. The van der Waals surface area contributed by atoms with Crippen molar-refractivity contribution in [1.29, 1.82) is 0 Å². The lowest BCUT2D eigenvalue weighted by atomic mass is 10.3. The Morgan fingerprint density at radius 3 is 2.59 bits per heavy atom. The second-order valence-corrected chi connectivity index (χ2v) is 6.45. The molecule has 0 spiro atoms. The van der Waals surface area contributed by atoms with Gasteiger partial charge in [0.1, 0.15) is 0 Å². The van der Waals surface area contributed by atoms with Crippen molar-refractivity contribution in [3.63, 3.8) is 0 Å². The van der Waals surface area contributed by atoms with Gasteiger partial charge in [0.25, 0.3) is 0 Å². The Morgan fingerprint density at radius 1 is 1.53 bits per heavy atom. The lowest BCUT2D eigenvalue weighted by Gasteiger charge is -2.36. The summed E-state index contributed by atoms with van der Waals surface area (Å²) in [5, 5.41) is 1.21. The highest BCUT2D eigenvalue weighted by molar-refractivity contribution is 8.00. The number of rotatable bonds is 3. The normalized spacial score (nSPS) is 28.1. The van der Waals surface area contributed by atoms with Crippen LogP contribution >= 0.6 is 11.8 Å². The van der Waals surface area contributed by atoms with Crippen LogP contribution in [0.25, 0.3) is 0 Å². The number of ether oxygens (including phenoxy) is 1. The number of methoxy groups -OCH3 is 1. The van der Waals surface area contributed by atoms with Gasteiger partial charge >= 0.3 is 0 Å². The summed E-state index contributed by atoms with van der Waals surface area (Å²) in [6.07, 6.45) is 0. The molecule has 17 heavy (non-hydrogen) atoms. The molecule has 0 aromatic carbocycles. The van der Waals surface area contributed by atoms with Crippen molar-refractivity contribution in [3.8, 4) is 0 Å². The van der Waals surface area contributed by atoms with Gasteiger partial charge in [-0.1, -0.05) is 13.8 Å². The third-order valence-electron chi connectivity index (χ3n) is 2.60. The second-order valence-electron chi connectivity index (χ2n) is 4.56. The maximum absolute atomic E-state index is 5.57. The molecule has 1 aliphatic heterocycles. The Hall–Kier alpha value is -0.460. The molecule has 100 valence electrons. The molecule has 3 unspecified atom stereocenters. The van der Waals surface area contributed by atoms with Gasteiger partial charge < -0.3 is 9.64 Å². The zero-order chi connectivity index (χ0) is 12.8. The van der Waals surface area contributed by atoms with Crippen LogP contribution in [0.2, 0.25) is 0 Å². The molecule has 1 fully saturated rings. The van der Waals surface area contributed by atoms with Crippen LogP contribution < -0.4 is 11.3 Å². The molecule has 0 radical (unpaired) electrons. The van der Waals surface area contributed by atoms with E-state index in [-0.39, 0.29) is 6.04 Å². The zero-order valence-corrected chi connectivity index (χ0v) is 12.0. The zero-order valence-electron chi connectivity index (χ0n) is 11.1. The number of hydrogen-bond donors (Lipinski definition) is 2. The standard InChI is InChI=1S/C11H24N4OS/c1-8(7-16-4)13-11(14-12)15-5-9(2)17-10(3)6-15/h8-10H,5-7,12H2,1-4H3,(H,13,14). The van der Waals surface area contributed by atoms with E-state index in [1.165, 1.54) is 0 Å². The smallest absolute Gasteiger partial charge is 0.208 e. The van der Waals surface area contributed by atoms with E-state index in [0.717, 1.165) is 19.0 Å². The topological polar surface area (TPSA) is 62.9 Å². The molecule has 1 rings (SSSR count). The van der Waals surface area contributed by atoms with E-state index in [4.69, 9.17) is 10.6 Å². The number of nitrogens with two attached hydrogens (primary N) is 1. The summed E-state index contributed by atoms with van der Waals surface area (Å²) in [4.78, 5) is 6.77. The second kappa shape index (κ2) is 7.08. The van der Waals surface area contributed by atoms with Crippen LogP contribution in [0.15, 0.2) is 4.99 Å². The summed E-state index contributed by atoms with van der Waals surface area (Å²) in [7, 11) is 1.68. The Morgan fingerprint density at radius 2 is 2.12 bits per heavy atom. The van der Waals surface area contributed by atoms with Gasteiger partial charge in [-0.25, -0.2) is 10.8 Å². The van der Waals surface area contributed by atoms with E-state index in [1.807, 2.05) is 18.7 Å². The van der Waals surface area contributed by atoms with Crippen LogP contribution in [0.3, 0.4) is 0 Å². The Bertz CT molecular complexity index is 252. The SMILES string of the molecule is COCC(C)N=C(NN)N1CC(C)SC(C)C1.